The van der Waals surface area contributed by atoms with Crippen LogP contribution in [0.1, 0.15) is 121 Å². The van der Waals surface area contributed by atoms with Gasteiger partial charge >= 0.3 is 6.09 Å². The second-order valence-electron chi connectivity index (χ2n) is 11.7. The van der Waals surface area contributed by atoms with Gasteiger partial charge in [-0.05, 0) is 66.0 Å². The molecule has 0 fully saturated rings. The number of unbranched alkanes of at least 4 members (excludes halogenated alkanes) is 8. The number of aliphatic imine (C=N–C) groups is 1. The molecule has 0 atom stereocenters. The van der Waals surface area contributed by atoms with Crippen molar-refractivity contribution < 1.29 is 9.53 Å². The van der Waals surface area contributed by atoms with E-state index in [0.717, 1.165) is 30.6 Å². The van der Waals surface area contributed by atoms with E-state index in [9.17, 15) is 4.79 Å². The molecule has 38 heavy (non-hydrogen) atoms. The van der Waals surface area contributed by atoms with Crippen LogP contribution in [0, 0.1) is 0 Å². The van der Waals surface area contributed by atoms with Gasteiger partial charge in [0.2, 0.25) is 0 Å². The first-order valence-corrected chi connectivity index (χ1v) is 15.0. The molecule has 0 saturated carbocycles. The van der Waals surface area contributed by atoms with Gasteiger partial charge in [0.25, 0.3) is 0 Å². The molecule has 1 amide bonds. The van der Waals surface area contributed by atoms with Crippen molar-refractivity contribution in [1.82, 2.24) is 0 Å². The molecule has 2 aromatic rings. The smallest absolute Gasteiger partial charge is 0.414 e. The van der Waals surface area contributed by atoms with Crippen LogP contribution in [-0.4, -0.2) is 25.0 Å². The van der Waals surface area contributed by atoms with Gasteiger partial charge in [0, 0.05) is 17.9 Å². The molecule has 4 heteroatoms. The Balaban J connectivity index is 1.61. The van der Waals surface area contributed by atoms with E-state index in [0.29, 0.717) is 13.2 Å². The van der Waals surface area contributed by atoms with Gasteiger partial charge in [0.05, 0.1) is 13.2 Å². The zero-order valence-electron chi connectivity index (χ0n) is 24.7. The van der Waals surface area contributed by atoms with E-state index in [1.54, 1.807) is 4.90 Å². The Morgan fingerprint density at radius 1 is 0.895 bits per heavy atom. The highest BCUT2D eigenvalue weighted by Gasteiger charge is 2.21. The van der Waals surface area contributed by atoms with Crippen LogP contribution in [0.25, 0.3) is 0 Å². The van der Waals surface area contributed by atoms with Crippen molar-refractivity contribution in [1.29, 1.82) is 0 Å². The minimum absolute atomic E-state index is 0.0687. The largest absolute Gasteiger partial charge is 0.449 e. The summed E-state index contributed by atoms with van der Waals surface area (Å²) in [6.07, 6.45) is 13.8. The number of amides is 1. The van der Waals surface area contributed by atoms with Crippen molar-refractivity contribution in [3.63, 3.8) is 0 Å². The number of carbonyl (C=O) groups excluding carboxylic acids is 1. The van der Waals surface area contributed by atoms with Crippen LogP contribution in [0.5, 0.6) is 0 Å². The second-order valence-corrected chi connectivity index (χ2v) is 11.7. The molecule has 3 rings (SSSR count). The Kier molecular flexibility index (Phi) is 11.9. The summed E-state index contributed by atoms with van der Waals surface area (Å²) in [7, 11) is 0. The van der Waals surface area contributed by atoms with Gasteiger partial charge in [-0.2, -0.15) is 0 Å². The third-order valence-corrected chi connectivity index (χ3v) is 7.56. The number of rotatable bonds is 14. The first-order chi connectivity index (χ1) is 18.3. The summed E-state index contributed by atoms with van der Waals surface area (Å²) in [5.41, 5.74) is 7.23. The fraction of sp³-hybridized carbons (Fsp3) is 0.588. The lowest BCUT2D eigenvalue weighted by Gasteiger charge is -2.25. The molecular formula is C34H50N2O2. The number of carbonyl (C=O) groups is 1. The topological polar surface area (TPSA) is 41.9 Å². The predicted molar refractivity (Wildman–Crippen MR) is 162 cm³/mol. The van der Waals surface area contributed by atoms with Crippen LogP contribution in [0.3, 0.4) is 0 Å². The fourth-order valence-electron chi connectivity index (χ4n) is 5.23. The SMILES string of the molecule is CCCCCCCCCCCC1=NCCc2cc(CN(C(=O)OCC)c3ccc(C(C)(C)C)cc3)ccc21. The van der Waals surface area contributed by atoms with E-state index in [1.165, 1.54) is 80.2 Å². The molecular weight excluding hydrogens is 468 g/mol. The van der Waals surface area contributed by atoms with E-state index in [1.807, 2.05) is 19.1 Å². The quantitative estimate of drug-likeness (QED) is 0.234. The maximum atomic E-state index is 12.9. The number of ether oxygens (including phenoxy) is 1. The monoisotopic (exact) mass is 518 g/mol. The summed E-state index contributed by atoms with van der Waals surface area (Å²) in [5, 5.41) is 0. The summed E-state index contributed by atoms with van der Waals surface area (Å²) >= 11 is 0. The molecule has 0 unspecified atom stereocenters. The zero-order chi connectivity index (χ0) is 27.4. The van der Waals surface area contributed by atoms with Gasteiger partial charge in [-0.3, -0.25) is 9.89 Å². The summed E-state index contributed by atoms with van der Waals surface area (Å²) in [4.78, 5) is 19.6. The molecule has 4 nitrogen and oxygen atoms in total. The van der Waals surface area contributed by atoms with E-state index in [-0.39, 0.29) is 11.5 Å². The van der Waals surface area contributed by atoms with Crippen molar-refractivity contribution in [2.45, 2.75) is 117 Å². The fourth-order valence-corrected chi connectivity index (χ4v) is 5.23. The van der Waals surface area contributed by atoms with Gasteiger partial charge in [-0.1, -0.05) is 109 Å². The predicted octanol–water partition coefficient (Wildman–Crippen LogP) is 9.41. The molecule has 0 spiro atoms. The summed E-state index contributed by atoms with van der Waals surface area (Å²) < 4.78 is 5.42. The average molecular weight is 519 g/mol. The zero-order valence-corrected chi connectivity index (χ0v) is 24.7. The Morgan fingerprint density at radius 3 is 2.18 bits per heavy atom. The molecule has 0 aromatic heterocycles. The Bertz CT molecular complexity index is 1030. The summed E-state index contributed by atoms with van der Waals surface area (Å²) in [6, 6.07) is 15.0. The normalized spacial score (nSPS) is 13.1. The van der Waals surface area contributed by atoms with Crippen LogP contribution < -0.4 is 4.90 Å². The molecule has 0 radical (unpaired) electrons. The molecule has 2 aromatic carbocycles. The molecule has 208 valence electrons. The molecule has 1 aliphatic heterocycles. The lowest BCUT2D eigenvalue weighted by Crippen LogP contribution is -2.31. The number of nitrogens with zero attached hydrogens (tertiary/aromatic N) is 2. The first kappa shape index (κ1) is 29.9. The minimum atomic E-state index is -0.304. The van der Waals surface area contributed by atoms with E-state index in [2.05, 4.69) is 58.0 Å². The van der Waals surface area contributed by atoms with Crippen molar-refractivity contribution in [3.05, 3.63) is 64.7 Å². The Labute approximate surface area is 231 Å². The molecule has 0 N–H and O–H groups in total. The van der Waals surface area contributed by atoms with Gasteiger partial charge < -0.3 is 4.74 Å². The van der Waals surface area contributed by atoms with Crippen molar-refractivity contribution in [2.75, 3.05) is 18.1 Å². The first-order valence-electron chi connectivity index (χ1n) is 15.0. The van der Waals surface area contributed by atoms with Crippen LogP contribution in [0.2, 0.25) is 0 Å². The van der Waals surface area contributed by atoms with Crippen LogP contribution >= 0.6 is 0 Å². The van der Waals surface area contributed by atoms with Crippen LogP contribution in [0.4, 0.5) is 10.5 Å². The van der Waals surface area contributed by atoms with Gasteiger partial charge in [-0.15, -0.1) is 0 Å². The van der Waals surface area contributed by atoms with E-state index < -0.39 is 0 Å². The summed E-state index contributed by atoms with van der Waals surface area (Å²) in [6.45, 7) is 12.4. The van der Waals surface area contributed by atoms with Gasteiger partial charge in [-0.25, -0.2) is 4.79 Å². The van der Waals surface area contributed by atoms with Crippen LogP contribution in [0.15, 0.2) is 47.5 Å². The minimum Gasteiger partial charge on any atom is -0.449 e. The maximum absolute atomic E-state index is 12.9. The van der Waals surface area contributed by atoms with Gasteiger partial charge in [0.15, 0.2) is 0 Å². The van der Waals surface area contributed by atoms with E-state index in [4.69, 9.17) is 9.73 Å². The van der Waals surface area contributed by atoms with Crippen molar-refractivity contribution in [2.24, 2.45) is 4.99 Å². The Hall–Kier alpha value is -2.62. The van der Waals surface area contributed by atoms with Gasteiger partial charge in [0.1, 0.15) is 0 Å². The van der Waals surface area contributed by atoms with Crippen molar-refractivity contribution in [3.8, 4) is 0 Å². The third kappa shape index (κ3) is 8.99. The highest BCUT2D eigenvalue weighted by atomic mass is 16.6. The number of anilines is 1. The highest BCUT2D eigenvalue weighted by molar-refractivity contribution is 6.02. The maximum Gasteiger partial charge on any atom is 0.414 e. The third-order valence-electron chi connectivity index (χ3n) is 7.56. The Morgan fingerprint density at radius 2 is 1.55 bits per heavy atom. The lowest BCUT2D eigenvalue weighted by atomic mass is 9.87. The molecule has 1 aliphatic rings. The average Bonchev–Trinajstić information content (AvgIpc) is 2.90. The number of benzene rings is 2. The summed E-state index contributed by atoms with van der Waals surface area (Å²) in [5.74, 6) is 0. The molecule has 1 heterocycles. The number of hydrogen-bond donors (Lipinski definition) is 0. The van der Waals surface area contributed by atoms with Crippen LogP contribution in [-0.2, 0) is 23.1 Å². The lowest BCUT2D eigenvalue weighted by molar-refractivity contribution is 0.159. The highest BCUT2D eigenvalue weighted by Crippen LogP contribution is 2.27. The van der Waals surface area contributed by atoms with Crippen molar-refractivity contribution >= 4 is 17.5 Å². The molecule has 0 bridgehead atoms. The van der Waals surface area contributed by atoms with E-state index >= 15 is 0 Å². The second kappa shape index (κ2) is 15.1. The standard InChI is InChI=1S/C34H50N2O2/c1-6-8-9-10-11-12-13-14-15-16-32-31-22-17-27(25-28(31)23-24-35-32)26-36(33(37)38-7-2)30-20-18-29(19-21-30)34(3,4)5/h17-22,25H,6-16,23-24,26H2,1-5H3. The number of fused-ring (bicyclic) bond motifs is 1. The molecule has 0 aliphatic carbocycles. The molecule has 0 saturated heterocycles. The number of hydrogen-bond acceptors (Lipinski definition) is 3.